The number of carboxylic acids is 1. The molecule has 50 heavy (non-hydrogen) atoms. The molecule has 4 N–H and O–H groups in total. The Balaban J connectivity index is 0.000000170. The summed E-state index contributed by atoms with van der Waals surface area (Å²) in [5, 5.41) is 40.2. The van der Waals surface area contributed by atoms with Crippen LogP contribution in [0.3, 0.4) is 0 Å². The molecular formula is C34H28Cl3N3O10. The van der Waals surface area contributed by atoms with E-state index < -0.39 is 45.7 Å². The number of fused-ring (bicyclic) bond motifs is 3. The van der Waals surface area contributed by atoms with E-state index in [0.29, 0.717) is 27.0 Å². The molecule has 6 aromatic rings. The second-order valence-corrected chi connectivity index (χ2v) is 11.8. The van der Waals surface area contributed by atoms with Crippen molar-refractivity contribution in [3.05, 3.63) is 118 Å². The van der Waals surface area contributed by atoms with Gasteiger partial charge in [0, 0.05) is 27.2 Å². The summed E-state index contributed by atoms with van der Waals surface area (Å²) in [6.45, 7) is 1.73. The van der Waals surface area contributed by atoms with E-state index in [1.165, 1.54) is 29.3 Å². The highest BCUT2D eigenvalue weighted by Gasteiger charge is 2.24. The van der Waals surface area contributed by atoms with E-state index in [-0.39, 0.29) is 38.7 Å². The lowest BCUT2D eigenvalue weighted by atomic mass is 10.1. The number of aryl methyl sites for hydroxylation is 3. The maximum Gasteiger partial charge on any atom is 0.347 e. The number of rotatable bonds is 3. The fourth-order valence-electron chi connectivity index (χ4n) is 5.09. The van der Waals surface area contributed by atoms with Gasteiger partial charge in [0.2, 0.25) is 0 Å². The largest absolute Gasteiger partial charge is 0.507 e. The van der Waals surface area contributed by atoms with Gasteiger partial charge in [-0.15, -0.1) is 0 Å². The summed E-state index contributed by atoms with van der Waals surface area (Å²) >= 11 is 17.8. The molecule has 16 heteroatoms. The van der Waals surface area contributed by atoms with Crippen molar-refractivity contribution in [2.45, 2.75) is 6.92 Å². The minimum absolute atomic E-state index is 0.0753. The number of carbonyl (C=O) groups excluding carboxylic acids is 1. The van der Waals surface area contributed by atoms with E-state index >= 15 is 0 Å². The first-order valence-corrected chi connectivity index (χ1v) is 15.6. The van der Waals surface area contributed by atoms with Gasteiger partial charge in [-0.05, 0) is 43.3 Å². The molecule has 6 rings (SSSR count). The van der Waals surface area contributed by atoms with E-state index in [0.717, 1.165) is 10.6 Å². The lowest BCUT2D eigenvalue weighted by Crippen LogP contribution is -2.26. The highest BCUT2D eigenvalue weighted by atomic mass is 35.5. The van der Waals surface area contributed by atoms with Gasteiger partial charge in [0.05, 0.1) is 54.4 Å². The Morgan fingerprint density at radius 3 is 1.50 bits per heavy atom. The Hall–Kier alpha value is -5.50. The molecular weight excluding hydrogens is 717 g/mol. The Kier molecular flexibility index (Phi) is 11.2. The summed E-state index contributed by atoms with van der Waals surface area (Å²) in [5.74, 6) is -3.45. The number of hydrogen-bond donors (Lipinski definition) is 4. The SMILES string of the molecule is CCOC(=O)c1c(O)c2c(Cl)cccc2n(C)c1=O.Cn1c(=O)c(C(=O)O)c(O)c2c(Cl)cccc21.Cn1c(=O)cc(O)c2c(Cl)cccc21. The van der Waals surface area contributed by atoms with Crippen LogP contribution in [-0.4, -0.2) is 52.7 Å². The molecule has 0 saturated carbocycles. The third kappa shape index (κ3) is 6.83. The van der Waals surface area contributed by atoms with Gasteiger partial charge >= 0.3 is 11.9 Å². The van der Waals surface area contributed by atoms with Gasteiger partial charge < -0.3 is 38.9 Å². The maximum absolute atomic E-state index is 12.1. The first kappa shape index (κ1) is 37.3. The molecule has 0 radical (unpaired) electrons. The Morgan fingerprint density at radius 1 is 0.660 bits per heavy atom. The van der Waals surface area contributed by atoms with Crippen molar-refractivity contribution >= 4 is 79.5 Å². The van der Waals surface area contributed by atoms with Crippen LogP contribution in [0.4, 0.5) is 0 Å². The van der Waals surface area contributed by atoms with Crippen molar-refractivity contribution in [3.63, 3.8) is 0 Å². The fourth-order valence-corrected chi connectivity index (χ4v) is 5.88. The standard InChI is InChI=1S/C13H12ClNO4.C11H8ClNO4.C10H8ClNO2/c1-3-19-13(18)10-11(16)9-7(14)5-4-6-8(9)15(2)12(10)17;1-13-6-4-2-3-5(12)7(6)9(14)8(10(13)15)11(16)17;1-12-7-4-2-3-6(11)10(7)8(13)5-9(12)14/h4-6,16H,3H2,1-2H3;2-4,14H,1H3,(H,16,17);2-5,13H,1H3. The maximum atomic E-state index is 12.1. The van der Waals surface area contributed by atoms with Gasteiger partial charge in [-0.3, -0.25) is 14.4 Å². The first-order valence-electron chi connectivity index (χ1n) is 14.4. The average molecular weight is 745 g/mol. The molecule has 0 atom stereocenters. The van der Waals surface area contributed by atoms with Crippen molar-refractivity contribution < 1.29 is 34.8 Å². The predicted octanol–water partition coefficient (Wildman–Crippen LogP) is 5.57. The molecule has 0 unspecified atom stereocenters. The topological polar surface area (TPSA) is 190 Å². The number of carbonyl (C=O) groups is 2. The molecule has 0 aliphatic heterocycles. The number of ether oxygens (including phenoxy) is 1. The Labute approximate surface area is 296 Å². The second-order valence-electron chi connectivity index (χ2n) is 10.5. The zero-order valence-corrected chi connectivity index (χ0v) is 29.0. The predicted molar refractivity (Wildman–Crippen MR) is 191 cm³/mol. The van der Waals surface area contributed by atoms with Gasteiger partial charge in [-0.2, -0.15) is 0 Å². The molecule has 3 heterocycles. The van der Waals surface area contributed by atoms with Gasteiger partial charge in [-0.1, -0.05) is 53.0 Å². The van der Waals surface area contributed by atoms with Crippen molar-refractivity contribution in [1.29, 1.82) is 0 Å². The van der Waals surface area contributed by atoms with Crippen molar-refractivity contribution in [2.24, 2.45) is 21.1 Å². The molecule has 0 bridgehead atoms. The van der Waals surface area contributed by atoms with Crippen LogP contribution < -0.4 is 16.7 Å². The monoisotopic (exact) mass is 743 g/mol. The van der Waals surface area contributed by atoms with Gasteiger partial charge in [0.1, 0.15) is 17.2 Å². The number of halogens is 3. The van der Waals surface area contributed by atoms with Crippen LogP contribution >= 0.6 is 34.8 Å². The number of pyridine rings is 3. The molecule has 0 aliphatic rings. The molecule has 0 aliphatic carbocycles. The quantitative estimate of drug-likeness (QED) is 0.167. The third-order valence-corrected chi connectivity index (χ3v) is 8.53. The van der Waals surface area contributed by atoms with Gasteiger partial charge in [-0.25, -0.2) is 9.59 Å². The highest BCUT2D eigenvalue weighted by Crippen LogP contribution is 2.34. The number of aromatic hydroxyl groups is 3. The van der Waals surface area contributed by atoms with Crippen LogP contribution in [0.15, 0.2) is 75.0 Å². The highest BCUT2D eigenvalue weighted by molar-refractivity contribution is 6.37. The lowest BCUT2D eigenvalue weighted by Gasteiger charge is -2.11. The van der Waals surface area contributed by atoms with Crippen LogP contribution in [0.5, 0.6) is 17.2 Å². The van der Waals surface area contributed by atoms with Crippen LogP contribution in [-0.2, 0) is 25.9 Å². The molecule has 3 aromatic carbocycles. The Bertz CT molecular complexity index is 2520. The summed E-state index contributed by atoms with van der Waals surface area (Å²) < 4.78 is 8.62. The summed E-state index contributed by atoms with van der Waals surface area (Å²) in [6.07, 6.45) is 0. The van der Waals surface area contributed by atoms with Gasteiger partial charge in [0.15, 0.2) is 11.1 Å². The van der Waals surface area contributed by atoms with Crippen LogP contribution in [0.1, 0.15) is 27.6 Å². The van der Waals surface area contributed by atoms with E-state index in [4.69, 9.17) is 44.6 Å². The number of carboxylic acid groups (broad SMARTS) is 1. The molecule has 13 nitrogen and oxygen atoms in total. The fraction of sp³-hybridized carbons (Fsp3) is 0.147. The summed E-state index contributed by atoms with van der Waals surface area (Å²) in [7, 11) is 4.57. The number of benzene rings is 3. The number of aromatic carboxylic acids is 1. The molecule has 260 valence electrons. The first-order chi connectivity index (χ1) is 23.5. The molecule has 0 fully saturated rings. The summed E-state index contributed by atoms with van der Waals surface area (Å²) in [5.41, 5.74) is -1.26. The number of esters is 1. The van der Waals surface area contributed by atoms with Crippen LogP contribution in [0.2, 0.25) is 15.1 Å². The van der Waals surface area contributed by atoms with E-state index in [2.05, 4.69) is 0 Å². The zero-order valence-electron chi connectivity index (χ0n) is 26.7. The molecule has 0 amide bonds. The smallest absolute Gasteiger partial charge is 0.347 e. The summed E-state index contributed by atoms with van der Waals surface area (Å²) in [4.78, 5) is 57.8. The number of nitrogens with zero attached hydrogens (tertiary/aromatic N) is 3. The lowest BCUT2D eigenvalue weighted by molar-refractivity contribution is 0.0520. The average Bonchev–Trinajstić information content (AvgIpc) is 3.05. The molecule has 3 aromatic heterocycles. The molecule has 0 saturated heterocycles. The van der Waals surface area contributed by atoms with Crippen molar-refractivity contribution in [3.8, 4) is 17.2 Å². The number of hydrogen-bond acceptors (Lipinski definition) is 9. The van der Waals surface area contributed by atoms with E-state index in [1.807, 2.05) is 0 Å². The minimum Gasteiger partial charge on any atom is -0.507 e. The van der Waals surface area contributed by atoms with E-state index in [9.17, 15) is 39.3 Å². The van der Waals surface area contributed by atoms with Crippen LogP contribution in [0.25, 0.3) is 32.7 Å². The zero-order chi connectivity index (χ0) is 37.2. The third-order valence-electron chi connectivity index (χ3n) is 7.58. The van der Waals surface area contributed by atoms with Crippen LogP contribution in [0, 0.1) is 0 Å². The van der Waals surface area contributed by atoms with Crippen molar-refractivity contribution in [1.82, 2.24) is 13.7 Å². The van der Waals surface area contributed by atoms with Gasteiger partial charge in [0.25, 0.3) is 16.7 Å². The minimum atomic E-state index is -1.48. The number of aromatic nitrogens is 3. The van der Waals surface area contributed by atoms with E-state index in [1.54, 1.807) is 62.5 Å². The Morgan fingerprint density at radius 2 is 1.06 bits per heavy atom. The summed E-state index contributed by atoms with van der Waals surface area (Å²) in [6, 6.07) is 15.9. The molecule has 0 spiro atoms. The second kappa shape index (κ2) is 14.9. The normalized spacial score (nSPS) is 10.7. The van der Waals surface area contributed by atoms with Crippen molar-refractivity contribution in [2.75, 3.05) is 6.61 Å².